The zero-order chi connectivity index (χ0) is 21.1. The van der Waals surface area contributed by atoms with Crippen LogP contribution in [0.1, 0.15) is 112 Å². The summed E-state index contributed by atoms with van der Waals surface area (Å²) in [6.07, 6.45) is 22.0. The van der Waals surface area contributed by atoms with Crippen molar-refractivity contribution in [2.45, 2.75) is 124 Å². The molecule has 1 heteroatoms. The summed E-state index contributed by atoms with van der Waals surface area (Å²) in [5.41, 5.74) is 2.37. The highest BCUT2D eigenvalue weighted by Crippen LogP contribution is 2.52. The summed E-state index contributed by atoms with van der Waals surface area (Å²) in [6, 6.07) is 0. The van der Waals surface area contributed by atoms with E-state index >= 15 is 0 Å². The fourth-order valence-corrected chi connectivity index (χ4v) is 6.69. The fourth-order valence-electron chi connectivity index (χ4n) is 6.69. The van der Waals surface area contributed by atoms with E-state index in [2.05, 4.69) is 59.8 Å². The summed E-state index contributed by atoms with van der Waals surface area (Å²) in [6.45, 7) is 14.5. The fraction of sp³-hybridized carbons (Fsp3) is 0.857. The number of fused-ring (bicyclic) bond motifs is 3. The second-order valence-corrected chi connectivity index (χ2v) is 11.2. The van der Waals surface area contributed by atoms with E-state index in [0.717, 1.165) is 24.2 Å². The van der Waals surface area contributed by atoms with Gasteiger partial charge in [-0.1, -0.05) is 65.3 Å². The third-order valence-electron chi connectivity index (χ3n) is 9.19. The third-order valence-corrected chi connectivity index (χ3v) is 9.19. The van der Waals surface area contributed by atoms with E-state index in [4.69, 9.17) is 4.74 Å². The quantitative estimate of drug-likeness (QED) is 0.352. The molecule has 4 aliphatic rings. The van der Waals surface area contributed by atoms with Gasteiger partial charge in [-0.3, -0.25) is 0 Å². The maximum Gasteiger partial charge on any atom is 0.0689 e. The van der Waals surface area contributed by atoms with Crippen LogP contribution >= 0.6 is 0 Å². The van der Waals surface area contributed by atoms with E-state index in [1.54, 1.807) is 5.57 Å². The van der Waals surface area contributed by atoms with Gasteiger partial charge in [-0.05, 0) is 99.7 Å². The average molecular weight is 401 g/mol. The van der Waals surface area contributed by atoms with E-state index < -0.39 is 0 Å². The molecule has 0 spiro atoms. The number of ether oxygens (including phenoxy) is 1. The minimum absolute atomic E-state index is 0.186. The van der Waals surface area contributed by atoms with Gasteiger partial charge in [0.1, 0.15) is 0 Å². The Balaban J connectivity index is 1.62. The monoisotopic (exact) mass is 400 g/mol. The Labute approximate surface area is 181 Å². The van der Waals surface area contributed by atoms with Crippen LogP contribution in [0, 0.1) is 29.1 Å². The lowest BCUT2D eigenvalue weighted by atomic mass is 9.68. The summed E-state index contributed by atoms with van der Waals surface area (Å²) in [7, 11) is 0. The van der Waals surface area contributed by atoms with Crippen LogP contribution in [0.2, 0.25) is 0 Å². The van der Waals surface area contributed by atoms with Gasteiger partial charge in [0.15, 0.2) is 0 Å². The Morgan fingerprint density at radius 2 is 1.79 bits per heavy atom. The largest absolute Gasteiger partial charge is 0.371 e. The molecule has 0 radical (unpaired) electrons. The predicted octanol–water partition coefficient (Wildman–Crippen LogP) is 8.50. The van der Waals surface area contributed by atoms with Gasteiger partial charge in [-0.2, -0.15) is 0 Å². The number of rotatable bonds is 9. The molecule has 2 saturated carbocycles. The molecule has 0 amide bonds. The van der Waals surface area contributed by atoms with Crippen molar-refractivity contribution in [2.24, 2.45) is 29.1 Å². The Morgan fingerprint density at radius 3 is 2.38 bits per heavy atom. The van der Waals surface area contributed by atoms with Crippen LogP contribution < -0.4 is 0 Å². The molecule has 166 valence electrons. The SMILES string of the molecule is CC/C=C\CCC12CCC(CC1)C(C(C)CC=C(CC)[C@@H]1CC[C@H](C)C1(C)C)O2. The molecule has 2 bridgehead atoms. The zero-order valence-corrected chi connectivity index (χ0v) is 20.3. The normalized spacial score (nSPS) is 38.1. The van der Waals surface area contributed by atoms with Crippen molar-refractivity contribution in [3.05, 3.63) is 23.8 Å². The standard InChI is InChI=1S/C28H48O/c1-7-9-10-11-18-28-19-16-24(17-20-28)26(29-28)21(3)12-14-23(8-2)25-15-13-22(4)27(25,5)6/h9-10,14,21-22,24-26H,7-8,11-13,15-20H2,1-6H3/b10-9-,23-14?/t21?,22-,24?,25-,26?,28?/m0/s1. The number of allylic oxidation sites excluding steroid dienone is 4. The summed E-state index contributed by atoms with van der Waals surface area (Å²) in [5, 5.41) is 0. The van der Waals surface area contributed by atoms with Gasteiger partial charge in [-0.25, -0.2) is 0 Å². The highest BCUT2D eigenvalue weighted by Gasteiger charge is 2.47. The topological polar surface area (TPSA) is 9.23 Å². The first-order valence-electron chi connectivity index (χ1n) is 12.8. The summed E-state index contributed by atoms with van der Waals surface area (Å²) in [5.74, 6) is 3.09. The van der Waals surface area contributed by atoms with Crippen LogP contribution in [0.5, 0.6) is 0 Å². The summed E-state index contributed by atoms with van der Waals surface area (Å²) >= 11 is 0. The first kappa shape index (κ1) is 23.1. The molecule has 2 heterocycles. The maximum absolute atomic E-state index is 6.90. The summed E-state index contributed by atoms with van der Waals surface area (Å²) < 4.78 is 6.90. The van der Waals surface area contributed by atoms with Crippen molar-refractivity contribution < 1.29 is 4.74 Å². The number of hydrogen-bond acceptors (Lipinski definition) is 1. The van der Waals surface area contributed by atoms with Gasteiger partial charge >= 0.3 is 0 Å². The van der Waals surface area contributed by atoms with Gasteiger partial charge in [0.05, 0.1) is 11.7 Å². The Kier molecular flexibility index (Phi) is 7.74. The molecule has 1 nitrogen and oxygen atoms in total. The molecular formula is C28H48O. The highest BCUT2D eigenvalue weighted by atomic mass is 16.5. The molecule has 4 fully saturated rings. The maximum atomic E-state index is 6.90. The molecule has 0 N–H and O–H groups in total. The molecule has 4 rings (SSSR count). The van der Waals surface area contributed by atoms with Crippen LogP contribution in [0.15, 0.2) is 23.8 Å². The van der Waals surface area contributed by atoms with Crippen LogP contribution in [0.4, 0.5) is 0 Å². The second kappa shape index (κ2) is 9.71. The Morgan fingerprint density at radius 1 is 1.07 bits per heavy atom. The third kappa shape index (κ3) is 5.03. The summed E-state index contributed by atoms with van der Waals surface area (Å²) in [4.78, 5) is 0. The lowest BCUT2D eigenvalue weighted by Gasteiger charge is -2.53. The highest BCUT2D eigenvalue weighted by molar-refractivity contribution is 5.14. The minimum atomic E-state index is 0.186. The molecule has 2 aliphatic carbocycles. The molecule has 29 heavy (non-hydrogen) atoms. The van der Waals surface area contributed by atoms with Crippen LogP contribution in [-0.2, 0) is 4.74 Å². The van der Waals surface area contributed by atoms with E-state index in [1.807, 2.05) is 0 Å². The minimum Gasteiger partial charge on any atom is -0.371 e. The van der Waals surface area contributed by atoms with E-state index in [-0.39, 0.29) is 5.60 Å². The van der Waals surface area contributed by atoms with E-state index in [1.165, 1.54) is 64.2 Å². The molecule has 2 saturated heterocycles. The van der Waals surface area contributed by atoms with E-state index in [0.29, 0.717) is 17.4 Å². The van der Waals surface area contributed by atoms with Gasteiger partial charge in [0.25, 0.3) is 0 Å². The molecular weight excluding hydrogens is 352 g/mol. The molecule has 0 aromatic rings. The molecule has 4 atom stereocenters. The second-order valence-electron chi connectivity index (χ2n) is 11.2. The van der Waals surface area contributed by atoms with Crippen molar-refractivity contribution in [1.82, 2.24) is 0 Å². The van der Waals surface area contributed by atoms with Crippen LogP contribution in [0.25, 0.3) is 0 Å². The Bertz CT molecular complexity index is 575. The van der Waals surface area contributed by atoms with Crippen molar-refractivity contribution >= 4 is 0 Å². The van der Waals surface area contributed by atoms with Crippen LogP contribution in [-0.4, -0.2) is 11.7 Å². The average Bonchev–Trinajstić information content (AvgIpc) is 2.99. The van der Waals surface area contributed by atoms with Crippen LogP contribution in [0.3, 0.4) is 0 Å². The van der Waals surface area contributed by atoms with Gasteiger partial charge < -0.3 is 4.74 Å². The zero-order valence-electron chi connectivity index (χ0n) is 20.3. The van der Waals surface area contributed by atoms with Crippen molar-refractivity contribution in [3.8, 4) is 0 Å². The predicted molar refractivity (Wildman–Crippen MR) is 126 cm³/mol. The lowest BCUT2D eigenvalue weighted by Crippen LogP contribution is -2.52. The number of hydrogen-bond donors (Lipinski definition) is 0. The van der Waals surface area contributed by atoms with Gasteiger partial charge in [0.2, 0.25) is 0 Å². The molecule has 2 unspecified atom stereocenters. The Hall–Kier alpha value is -0.560. The van der Waals surface area contributed by atoms with Gasteiger partial charge in [-0.15, -0.1) is 0 Å². The smallest absolute Gasteiger partial charge is 0.0689 e. The molecule has 0 aromatic heterocycles. The van der Waals surface area contributed by atoms with Crippen molar-refractivity contribution in [3.63, 3.8) is 0 Å². The molecule has 2 aliphatic heterocycles. The first-order chi connectivity index (χ1) is 13.8. The lowest BCUT2D eigenvalue weighted by molar-refractivity contribution is -0.211. The molecule has 0 aromatic carbocycles. The van der Waals surface area contributed by atoms with Crippen molar-refractivity contribution in [1.29, 1.82) is 0 Å². The first-order valence-corrected chi connectivity index (χ1v) is 12.8. The van der Waals surface area contributed by atoms with E-state index in [9.17, 15) is 0 Å². The van der Waals surface area contributed by atoms with Crippen molar-refractivity contribution in [2.75, 3.05) is 0 Å². The van der Waals surface area contributed by atoms with Gasteiger partial charge in [0, 0.05) is 0 Å².